The standard InChI is InChI=1S/C23H28N2O3/c1-2-22(26)19-10-12-20(13-11-19)28-17-23(27)24-16-21(25-14-6-7-15-25)18-8-4-3-5-9-18/h3-5,8-13,21H,2,6-7,14-17H2,1H3,(H,24,27)/p+1/t21-/m1/s1. The number of carbonyl (C=O) groups is 2. The molecule has 5 nitrogen and oxygen atoms in total. The molecule has 1 aliphatic heterocycles. The third kappa shape index (κ3) is 5.42. The molecule has 0 spiro atoms. The van der Waals surface area contributed by atoms with E-state index in [1.54, 1.807) is 24.3 Å². The van der Waals surface area contributed by atoms with E-state index in [0.717, 1.165) is 13.1 Å². The Hall–Kier alpha value is -2.66. The molecule has 5 heteroatoms. The highest BCUT2D eigenvalue weighted by molar-refractivity contribution is 5.95. The summed E-state index contributed by atoms with van der Waals surface area (Å²) < 4.78 is 5.57. The molecule has 1 amide bonds. The van der Waals surface area contributed by atoms with Gasteiger partial charge in [0.15, 0.2) is 12.4 Å². The van der Waals surface area contributed by atoms with Crippen LogP contribution in [0, 0.1) is 0 Å². The molecule has 2 aromatic carbocycles. The number of ether oxygens (including phenoxy) is 1. The Bertz CT molecular complexity index is 768. The lowest BCUT2D eigenvalue weighted by molar-refractivity contribution is -0.918. The number of ketones is 1. The molecule has 2 N–H and O–H groups in total. The summed E-state index contributed by atoms with van der Waals surface area (Å²) in [6, 6.07) is 17.6. The average molecular weight is 381 g/mol. The van der Waals surface area contributed by atoms with Gasteiger partial charge in [-0.05, 0) is 24.3 Å². The predicted molar refractivity (Wildman–Crippen MR) is 109 cm³/mol. The van der Waals surface area contributed by atoms with E-state index < -0.39 is 0 Å². The molecule has 28 heavy (non-hydrogen) atoms. The minimum absolute atomic E-state index is 0.0298. The fourth-order valence-electron chi connectivity index (χ4n) is 3.72. The van der Waals surface area contributed by atoms with Gasteiger partial charge in [-0.2, -0.15) is 0 Å². The van der Waals surface area contributed by atoms with Crippen LogP contribution in [0.3, 0.4) is 0 Å². The van der Waals surface area contributed by atoms with Gasteiger partial charge in [0.2, 0.25) is 0 Å². The second-order valence-electron chi connectivity index (χ2n) is 7.22. The van der Waals surface area contributed by atoms with Gasteiger partial charge in [0, 0.05) is 30.4 Å². The van der Waals surface area contributed by atoms with E-state index in [1.165, 1.54) is 23.3 Å². The summed E-state index contributed by atoms with van der Waals surface area (Å²) in [5, 5.41) is 3.03. The third-order valence-electron chi connectivity index (χ3n) is 5.31. The van der Waals surface area contributed by atoms with Crippen LogP contribution in [0.4, 0.5) is 0 Å². The number of carbonyl (C=O) groups excluding carboxylic acids is 2. The number of rotatable bonds is 9. The first-order chi connectivity index (χ1) is 13.7. The first kappa shape index (κ1) is 20.1. The van der Waals surface area contributed by atoms with Gasteiger partial charge in [0.25, 0.3) is 5.91 Å². The van der Waals surface area contributed by atoms with Gasteiger partial charge in [-0.3, -0.25) is 9.59 Å². The molecule has 0 saturated carbocycles. The van der Waals surface area contributed by atoms with Gasteiger partial charge < -0.3 is 15.0 Å². The minimum atomic E-state index is -0.131. The number of benzene rings is 2. The lowest BCUT2D eigenvalue weighted by atomic mass is 10.1. The number of hydrogen-bond donors (Lipinski definition) is 2. The zero-order chi connectivity index (χ0) is 19.8. The summed E-state index contributed by atoms with van der Waals surface area (Å²) in [7, 11) is 0. The Kier molecular flexibility index (Phi) is 7.20. The molecule has 0 bridgehead atoms. The van der Waals surface area contributed by atoms with Crippen LogP contribution >= 0.6 is 0 Å². The van der Waals surface area contributed by atoms with Crippen LogP contribution in [0.15, 0.2) is 54.6 Å². The van der Waals surface area contributed by atoms with Crippen molar-refractivity contribution in [1.29, 1.82) is 0 Å². The van der Waals surface area contributed by atoms with E-state index in [9.17, 15) is 9.59 Å². The predicted octanol–water partition coefficient (Wildman–Crippen LogP) is 2.19. The monoisotopic (exact) mass is 381 g/mol. The van der Waals surface area contributed by atoms with E-state index in [2.05, 4.69) is 29.6 Å². The topological polar surface area (TPSA) is 59.8 Å². The summed E-state index contributed by atoms with van der Waals surface area (Å²) in [6.45, 7) is 4.70. The number of likely N-dealkylation sites (tertiary alicyclic amines) is 1. The SMILES string of the molecule is CCC(=O)c1ccc(OCC(=O)NC[C@H](c2ccccc2)[NH+]2CCCC2)cc1. The van der Waals surface area contributed by atoms with Crippen molar-refractivity contribution in [2.24, 2.45) is 0 Å². The third-order valence-corrected chi connectivity index (χ3v) is 5.31. The molecule has 1 atom stereocenters. The van der Waals surface area contributed by atoms with Crippen molar-refractivity contribution in [1.82, 2.24) is 5.32 Å². The largest absolute Gasteiger partial charge is 0.484 e. The van der Waals surface area contributed by atoms with Crippen molar-refractivity contribution in [2.45, 2.75) is 32.2 Å². The van der Waals surface area contributed by atoms with E-state index in [-0.39, 0.29) is 24.3 Å². The molecule has 1 saturated heterocycles. The van der Waals surface area contributed by atoms with Crippen LogP contribution in [0.25, 0.3) is 0 Å². The van der Waals surface area contributed by atoms with Crippen molar-refractivity contribution in [3.8, 4) is 5.75 Å². The number of Topliss-reactive ketones (excluding diaryl/α,β-unsaturated/α-hetero) is 1. The van der Waals surface area contributed by atoms with Crippen LogP contribution in [0.1, 0.15) is 48.1 Å². The normalized spacial score (nSPS) is 15.2. The highest BCUT2D eigenvalue weighted by Crippen LogP contribution is 2.14. The second kappa shape index (κ2) is 10.0. The van der Waals surface area contributed by atoms with E-state index in [1.807, 2.05) is 13.0 Å². The van der Waals surface area contributed by atoms with Gasteiger partial charge in [-0.1, -0.05) is 37.3 Å². The maximum atomic E-state index is 12.3. The van der Waals surface area contributed by atoms with E-state index in [4.69, 9.17) is 4.74 Å². The Morgan fingerprint density at radius 3 is 2.36 bits per heavy atom. The Balaban J connectivity index is 1.51. The molecule has 0 aliphatic carbocycles. The van der Waals surface area contributed by atoms with Crippen LogP contribution in [-0.2, 0) is 4.79 Å². The lowest BCUT2D eigenvalue weighted by Gasteiger charge is -2.25. The Labute approximate surface area is 166 Å². The van der Waals surface area contributed by atoms with E-state index in [0.29, 0.717) is 24.3 Å². The average Bonchev–Trinajstić information content (AvgIpc) is 3.27. The molecule has 0 unspecified atom stereocenters. The van der Waals surface area contributed by atoms with Gasteiger partial charge in [-0.15, -0.1) is 0 Å². The van der Waals surface area contributed by atoms with Crippen LogP contribution in [-0.4, -0.2) is 37.9 Å². The summed E-state index contributed by atoms with van der Waals surface area (Å²) >= 11 is 0. The molecule has 3 rings (SSSR count). The number of hydrogen-bond acceptors (Lipinski definition) is 3. The smallest absolute Gasteiger partial charge is 0.258 e. The summed E-state index contributed by atoms with van der Waals surface area (Å²) in [5.41, 5.74) is 1.93. The lowest BCUT2D eigenvalue weighted by Crippen LogP contribution is -3.11. The fourth-order valence-corrected chi connectivity index (χ4v) is 3.72. The van der Waals surface area contributed by atoms with Crippen molar-refractivity contribution < 1.29 is 19.2 Å². The molecular weight excluding hydrogens is 352 g/mol. The summed E-state index contributed by atoms with van der Waals surface area (Å²) in [4.78, 5) is 25.5. The zero-order valence-corrected chi connectivity index (χ0v) is 16.4. The van der Waals surface area contributed by atoms with Gasteiger partial charge in [-0.25, -0.2) is 0 Å². The summed E-state index contributed by atoms with van der Waals surface area (Å²) in [5.74, 6) is 0.557. The highest BCUT2D eigenvalue weighted by atomic mass is 16.5. The van der Waals surface area contributed by atoms with Crippen molar-refractivity contribution >= 4 is 11.7 Å². The first-order valence-electron chi connectivity index (χ1n) is 10.1. The van der Waals surface area contributed by atoms with Crippen molar-refractivity contribution in [3.63, 3.8) is 0 Å². The van der Waals surface area contributed by atoms with Gasteiger partial charge in [0.05, 0.1) is 19.6 Å². The quantitative estimate of drug-likeness (QED) is 0.655. The minimum Gasteiger partial charge on any atom is -0.484 e. The maximum Gasteiger partial charge on any atom is 0.258 e. The zero-order valence-electron chi connectivity index (χ0n) is 16.4. The summed E-state index contributed by atoms with van der Waals surface area (Å²) in [6.07, 6.45) is 2.96. The van der Waals surface area contributed by atoms with Gasteiger partial charge >= 0.3 is 0 Å². The van der Waals surface area contributed by atoms with E-state index >= 15 is 0 Å². The van der Waals surface area contributed by atoms with Gasteiger partial charge in [0.1, 0.15) is 11.8 Å². The van der Waals surface area contributed by atoms with Crippen molar-refractivity contribution in [2.75, 3.05) is 26.2 Å². The van der Waals surface area contributed by atoms with Crippen LogP contribution < -0.4 is 15.0 Å². The molecule has 0 radical (unpaired) electrons. The first-order valence-corrected chi connectivity index (χ1v) is 10.1. The van der Waals surface area contributed by atoms with Crippen LogP contribution in [0.5, 0.6) is 5.75 Å². The molecule has 1 fully saturated rings. The number of nitrogens with one attached hydrogen (secondary N) is 2. The number of amides is 1. The second-order valence-corrected chi connectivity index (χ2v) is 7.22. The molecular formula is C23H29N2O3+. The fraction of sp³-hybridized carbons (Fsp3) is 0.391. The maximum absolute atomic E-state index is 12.3. The Morgan fingerprint density at radius 2 is 1.71 bits per heavy atom. The molecule has 2 aromatic rings. The molecule has 1 aliphatic rings. The van der Waals surface area contributed by atoms with Crippen LogP contribution in [0.2, 0.25) is 0 Å². The van der Waals surface area contributed by atoms with Crippen molar-refractivity contribution in [3.05, 3.63) is 65.7 Å². The molecule has 1 heterocycles. The molecule has 148 valence electrons. The number of quaternary nitrogens is 1. The Morgan fingerprint density at radius 1 is 1.04 bits per heavy atom. The highest BCUT2D eigenvalue weighted by Gasteiger charge is 2.27. The molecule has 0 aromatic heterocycles.